The fraction of sp³-hybridized carbons (Fsp3) is 0.800. The molecule has 0 radical (unpaired) electrons. The number of carbonyl (C=O) groups is 3. The Hall–Kier alpha value is -1.80. The third kappa shape index (κ3) is 3.99. The maximum atomic E-state index is 12.7. The lowest BCUT2D eigenvalue weighted by atomic mass is 9.97. The second kappa shape index (κ2) is 7.40. The van der Waals surface area contributed by atoms with Gasteiger partial charge in [0, 0.05) is 19.6 Å². The highest BCUT2D eigenvalue weighted by atomic mass is 19.4. The monoisotopic (exact) mass is 350 g/mol. The van der Waals surface area contributed by atoms with Crippen LogP contribution in [0, 0.1) is 5.92 Å². The van der Waals surface area contributed by atoms with Crippen LogP contribution >= 0.6 is 0 Å². The van der Waals surface area contributed by atoms with E-state index >= 15 is 0 Å². The largest absolute Gasteiger partial charge is 0.471 e. The van der Waals surface area contributed by atoms with E-state index in [2.05, 4.69) is 0 Å². The van der Waals surface area contributed by atoms with Gasteiger partial charge in [-0.25, -0.2) is 0 Å². The normalized spacial score (nSPS) is 24.8. The predicted octanol–water partition coefficient (Wildman–Crippen LogP) is 1.34. The van der Waals surface area contributed by atoms with Crippen molar-refractivity contribution in [2.45, 2.75) is 44.8 Å². The highest BCUT2D eigenvalue weighted by molar-refractivity contribution is 5.90. The van der Waals surface area contributed by atoms with Crippen LogP contribution in [0.15, 0.2) is 0 Å². The number of rotatable bonds is 3. The number of nitrogens with zero attached hydrogens (tertiary/aromatic N) is 2. The summed E-state index contributed by atoms with van der Waals surface area (Å²) >= 11 is 0. The number of amides is 2. The summed E-state index contributed by atoms with van der Waals surface area (Å²) in [5.41, 5.74) is 0. The lowest BCUT2D eigenvalue weighted by molar-refractivity contribution is -0.187. The number of hydrogen-bond acceptors (Lipinski definition) is 4. The molecular formula is C15H21F3N2O4. The second-order valence-electron chi connectivity index (χ2n) is 6.03. The van der Waals surface area contributed by atoms with Gasteiger partial charge in [0.2, 0.25) is 5.91 Å². The number of hydrogen-bond donors (Lipinski definition) is 0. The Morgan fingerprint density at radius 3 is 2.42 bits per heavy atom. The van der Waals surface area contributed by atoms with Gasteiger partial charge in [0.15, 0.2) is 0 Å². The zero-order chi connectivity index (χ0) is 17.9. The number of alkyl halides is 3. The molecule has 0 aliphatic carbocycles. The van der Waals surface area contributed by atoms with E-state index in [1.165, 1.54) is 4.90 Å². The molecule has 0 aromatic heterocycles. The minimum absolute atomic E-state index is 0.0795. The Labute approximate surface area is 137 Å². The minimum atomic E-state index is -4.99. The van der Waals surface area contributed by atoms with Gasteiger partial charge in [-0.3, -0.25) is 14.4 Å². The lowest BCUT2D eigenvalue weighted by Gasteiger charge is -2.35. The fourth-order valence-electron chi connectivity index (χ4n) is 3.27. The summed E-state index contributed by atoms with van der Waals surface area (Å²) in [6.07, 6.45) is -3.26. The molecule has 2 aliphatic heterocycles. The van der Waals surface area contributed by atoms with Crippen LogP contribution in [-0.4, -0.2) is 66.0 Å². The average Bonchev–Trinajstić information content (AvgIpc) is 3.02. The van der Waals surface area contributed by atoms with Gasteiger partial charge in [-0.05, 0) is 32.6 Å². The molecule has 24 heavy (non-hydrogen) atoms. The Balaban J connectivity index is 2.04. The summed E-state index contributed by atoms with van der Waals surface area (Å²) in [4.78, 5) is 37.9. The molecule has 2 atom stereocenters. The number of carbonyl (C=O) groups excluding carboxylic acids is 3. The van der Waals surface area contributed by atoms with Crippen molar-refractivity contribution in [3.63, 3.8) is 0 Å². The van der Waals surface area contributed by atoms with E-state index < -0.39 is 35.9 Å². The zero-order valence-electron chi connectivity index (χ0n) is 13.5. The summed E-state index contributed by atoms with van der Waals surface area (Å²) in [6, 6.07) is -1.10. The van der Waals surface area contributed by atoms with Gasteiger partial charge in [0.05, 0.1) is 12.5 Å². The molecule has 2 amide bonds. The molecule has 2 heterocycles. The van der Waals surface area contributed by atoms with Crippen LogP contribution in [0.2, 0.25) is 0 Å². The standard InChI is InChI=1S/C15H21F3N2O4/c1-2-24-13(22)10-5-3-7-19(9-10)12(21)11-6-4-8-20(11)14(23)15(16,17)18/h10-11H,2-9H2,1H3. The van der Waals surface area contributed by atoms with Crippen LogP contribution in [0.4, 0.5) is 13.2 Å². The van der Waals surface area contributed by atoms with Crippen LogP contribution < -0.4 is 0 Å². The SMILES string of the molecule is CCOC(=O)C1CCCN(C(=O)C2CCCN2C(=O)C(F)(F)F)C1. The third-order valence-electron chi connectivity index (χ3n) is 4.39. The summed E-state index contributed by atoms with van der Waals surface area (Å²) in [5, 5.41) is 0. The molecule has 0 saturated carbocycles. The Morgan fingerprint density at radius 2 is 1.79 bits per heavy atom. The minimum Gasteiger partial charge on any atom is -0.466 e. The zero-order valence-corrected chi connectivity index (χ0v) is 13.5. The van der Waals surface area contributed by atoms with Gasteiger partial charge in [0.25, 0.3) is 0 Å². The highest BCUT2D eigenvalue weighted by Gasteiger charge is 2.48. The van der Waals surface area contributed by atoms with Crippen LogP contribution in [0.5, 0.6) is 0 Å². The molecule has 2 aliphatic rings. The summed E-state index contributed by atoms with van der Waals surface area (Å²) in [6.45, 7) is 2.34. The van der Waals surface area contributed by atoms with Crippen LogP contribution in [0.3, 0.4) is 0 Å². The third-order valence-corrected chi connectivity index (χ3v) is 4.39. The van der Waals surface area contributed by atoms with Gasteiger partial charge in [-0.15, -0.1) is 0 Å². The van der Waals surface area contributed by atoms with Crippen LogP contribution in [0.25, 0.3) is 0 Å². The van der Waals surface area contributed by atoms with Gasteiger partial charge in [-0.2, -0.15) is 13.2 Å². The maximum Gasteiger partial charge on any atom is 0.471 e. The first-order valence-corrected chi connectivity index (χ1v) is 8.09. The van der Waals surface area contributed by atoms with Crippen molar-refractivity contribution in [3.8, 4) is 0 Å². The summed E-state index contributed by atoms with van der Waals surface area (Å²) in [7, 11) is 0. The first-order valence-electron chi connectivity index (χ1n) is 8.09. The van der Waals surface area contributed by atoms with Crippen molar-refractivity contribution in [3.05, 3.63) is 0 Å². The Morgan fingerprint density at radius 1 is 1.12 bits per heavy atom. The lowest BCUT2D eigenvalue weighted by Crippen LogP contribution is -2.53. The molecule has 0 bridgehead atoms. The van der Waals surface area contributed by atoms with Crippen molar-refractivity contribution >= 4 is 17.8 Å². The topological polar surface area (TPSA) is 66.9 Å². The van der Waals surface area contributed by atoms with Crippen LogP contribution in [0.1, 0.15) is 32.6 Å². The second-order valence-corrected chi connectivity index (χ2v) is 6.03. The van der Waals surface area contributed by atoms with E-state index in [1.807, 2.05) is 0 Å². The molecule has 2 saturated heterocycles. The van der Waals surface area contributed by atoms with E-state index in [4.69, 9.17) is 4.74 Å². The molecule has 2 unspecified atom stereocenters. The molecule has 2 rings (SSSR count). The first kappa shape index (κ1) is 18.5. The Bertz CT molecular complexity index is 509. The summed E-state index contributed by atoms with van der Waals surface area (Å²) in [5.74, 6) is -3.35. The molecule has 0 aromatic rings. The van der Waals surface area contributed by atoms with E-state index in [1.54, 1.807) is 6.92 Å². The number of halogens is 3. The van der Waals surface area contributed by atoms with Crippen LogP contribution in [-0.2, 0) is 19.1 Å². The van der Waals surface area contributed by atoms with Gasteiger partial charge >= 0.3 is 18.1 Å². The van der Waals surface area contributed by atoms with E-state index in [0.29, 0.717) is 30.7 Å². The quantitative estimate of drug-likeness (QED) is 0.721. The molecule has 9 heteroatoms. The van der Waals surface area contributed by atoms with Gasteiger partial charge in [0.1, 0.15) is 6.04 Å². The summed E-state index contributed by atoms with van der Waals surface area (Å²) < 4.78 is 42.9. The van der Waals surface area contributed by atoms with E-state index in [9.17, 15) is 27.6 Å². The number of ether oxygens (including phenoxy) is 1. The average molecular weight is 350 g/mol. The van der Waals surface area contributed by atoms with Gasteiger partial charge in [-0.1, -0.05) is 0 Å². The van der Waals surface area contributed by atoms with E-state index in [-0.39, 0.29) is 26.1 Å². The number of piperidine rings is 1. The molecule has 0 N–H and O–H groups in total. The number of esters is 1. The molecule has 0 spiro atoms. The van der Waals surface area contributed by atoms with Crippen molar-refractivity contribution < 1.29 is 32.3 Å². The molecule has 2 fully saturated rings. The van der Waals surface area contributed by atoms with Crippen molar-refractivity contribution in [1.82, 2.24) is 9.80 Å². The molecule has 136 valence electrons. The number of likely N-dealkylation sites (tertiary alicyclic amines) is 2. The van der Waals surface area contributed by atoms with Crippen molar-refractivity contribution in [1.29, 1.82) is 0 Å². The van der Waals surface area contributed by atoms with E-state index in [0.717, 1.165) is 0 Å². The van der Waals surface area contributed by atoms with Crippen molar-refractivity contribution in [2.24, 2.45) is 5.92 Å². The van der Waals surface area contributed by atoms with Gasteiger partial charge < -0.3 is 14.5 Å². The van der Waals surface area contributed by atoms with Crippen molar-refractivity contribution in [2.75, 3.05) is 26.2 Å². The first-order chi connectivity index (χ1) is 11.3. The molecule has 6 nitrogen and oxygen atoms in total. The molecular weight excluding hydrogens is 329 g/mol. The smallest absolute Gasteiger partial charge is 0.466 e. The predicted molar refractivity (Wildman–Crippen MR) is 76.7 cm³/mol. The highest BCUT2D eigenvalue weighted by Crippen LogP contribution is 2.28. The fourth-order valence-corrected chi connectivity index (χ4v) is 3.27. The maximum absolute atomic E-state index is 12.7. The molecule has 0 aromatic carbocycles. The Kier molecular flexibility index (Phi) is 5.71.